The first-order chi connectivity index (χ1) is 10.7. The van der Waals surface area contributed by atoms with Crippen molar-refractivity contribution >= 4 is 5.90 Å². The van der Waals surface area contributed by atoms with Gasteiger partial charge in [0.25, 0.3) is 0 Å². The Kier molecular flexibility index (Phi) is 3.70. The number of aryl methyl sites for hydroxylation is 1. The van der Waals surface area contributed by atoms with Gasteiger partial charge in [0, 0.05) is 24.5 Å². The molecule has 3 rings (SSSR count). The monoisotopic (exact) mass is 292 g/mol. The molecule has 0 amide bonds. The van der Waals surface area contributed by atoms with Crippen molar-refractivity contribution in [1.82, 2.24) is 9.90 Å². The molecule has 0 saturated carbocycles. The van der Waals surface area contributed by atoms with Gasteiger partial charge in [-0.05, 0) is 22.5 Å². The molecule has 3 aromatic rings. The van der Waals surface area contributed by atoms with Crippen LogP contribution in [-0.4, -0.2) is 15.8 Å². The average molecular weight is 292 g/mol. The van der Waals surface area contributed by atoms with Crippen molar-refractivity contribution in [2.75, 3.05) is 0 Å². The minimum atomic E-state index is -0.300. The number of hydrogen-bond donors (Lipinski definition) is 0. The highest BCUT2D eigenvalue weighted by molar-refractivity contribution is 5.89. The highest BCUT2D eigenvalue weighted by Gasteiger charge is 2.20. The van der Waals surface area contributed by atoms with Crippen LogP contribution in [-0.2, 0) is 0 Å². The van der Waals surface area contributed by atoms with Gasteiger partial charge in [0.05, 0.1) is 5.10 Å². The summed E-state index contributed by atoms with van der Waals surface area (Å²) in [6.45, 7) is 3.79. The van der Waals surface area contributed by atoms with E-state index in [9.17, 15) is 5.11 Å². The van der Waals surface area contributed by atoms with Crippen molar-refractivity contribution in [2.24, 2.45) is 5.10 Å². The molecule has 22 heavy (non-hydrogen) atoms. The highest BCUT2D eigenvalue weighted by atomic mass is 16.3. The second-order valence-electron chi connectivity index (χ2n) is 4.96. The first-order valence-electron chi connectivity index (χ1n) is 7.02. The summed E-state index contributed by atoms with van der Waals surface area (Å²) in [7, 11) is 0. The number of rotatable bonds is 3. The molecule has 5 heteroatoms. The van der Waals surface area contributed by atoms with Crippen LogP contribution in [0.1, 0.15) is 17.0 Å². The average Bonchev–Trinajstić information content (AvgIpc) is 2.85. The third-order valence-corrected chi connectivity index (χ3v) is 3.44. The number of aromatic nitrogens is 3. The van der Waals surface area contributed by atoms with Gasteiger partial charge in [-0.1, -0.05) is 53.6 Å². The summed E-state index contributed by atoms with van der Waals surface area (Å²) in [5.41, 5.74) is 3.05. The van der Waals surface area contributed by atoms with Crippen LogP contribution in [0.3, 0.4) is 0 Å². The smallest absolute Gasteiger partial charge is 0.222 e. The zero-order chi connectivity index (χ0) is 15.5. The standard InChI is InChI=1S/C17H16N4O/c1-13-14(2)20(19-17(22)15-9-5-3-6-10-15)21(18-13)16-11-7-4-8-12-16/h3-12H,1-2H3. The number of nitrogens with zero attached hydrogens (tertiary/aromatic N) is 4. The van der Waals surface area contributed by atoms with E-state index in [1.165, 1.54) is 0 Å². The maximum atomic E-state index is 12.3. The van der Waals surface area contributed by atoms with Crippen molar-refractivity contribution in [3.8, 4) is 5.69 Å². The molecular formula is C17H16N4O. The fourth-order valence-corrected chi connectivity index (χ4v) is 2.11. The van der Waals surface area contributed by atoms with E-state index in [1.807, 2.05) is 62.4 Å². The Morgan fingerprint density at radius 1 is 1.00 bits per heavy atom. The fourth-order valence-electron chi connectivity index (χ4n) is 2.11. The van der Waals surface area contributed by atoms with Gasteiger partial charge in [0.1, 0.15) is 5.69 Å². The zero-order valence-electron chi connectivity index (χ0n) is 12.5. The Morgan fingerprint density at radius 3 is 2.23 bits per heavy atom. The van der Waals surface area contributed by atoms with Gasteiger partial charge in [-0.25, -0.2) is 0 Å². The Bertz CT molecular complexity index is 807. The highest BCUT2D eigenvalue weighted by Crippen LogP contribution is 2.06. The summed E-state index contributed by atoms with van der Waals surface area (Å²) in [6, 6.07) is 18.6. The molecule has 1 aromatic heterocycles. The van der Waals surface area contributed by atoms with Gasteiger partial charge in [-0.15, -0.1) is 0 Å². The molecule has 0 aliphatic carbocycles. The summed E-state index contributed by atoms with van der Waals surface area (Å²) in [5.74, 6) is -0.300. The predicted octanol–water partition coefficient (Wildman–Crippen LogP) is 1.35. The first-order valence-corrected chi connectivity index (χ1v) is 7.02. The molecule has 0 N–H and O–H groups in total. The quantitative estimate of drug-likeness (QED) is 0.415. The Hall–Kier alpha value is -2.95. The SMILES string of the molecule is Cc1nn(-c2ccccc2)[n+](/N=C(\[O-])c2ccccc2)c1C. The van der Waals surface area contributed by atoms with Crippen molar-refractivity contribution < 1.29 is 9.90 Å². The van der Waals surface area contributed by atoms with Crippen molar-refractivity contribution in [2.45, 2.75) is 13.8 Å². The maximum absolute atomic E-state index is 12.3. The second-order valence-corrected chi connectivity index (χ2v) is 4.96. The summed E-state index contributed by atoms with van der Waals surface area (Å²) in [4.78, 5) is 3.17. The van der Waals surface area contributed by atoms with Crippen LogP contribution >= 0.6 is 0 Å². The van der Waals surface area contributed by atoms with Gasteiger partial charge in [-0.2, -0.15) is 0 Å². The molecule has 0 unspecified atom stereocenters. The molecule has 0 aliphatic rings. The van der Waals surface area contributed by atoms with E-state index in [4.69, 9.17) is 0 Å². The van der Waals surface area contributed by atoms with E-state index < -0.39 is 0 Å². The van der Waals surface area contributed by atoms with Crippen LogP contribution in [0.2, 0.25) is 0 Å². The van der Waals surface area contributed by atoms with Crippen molar-refractivity contribution in [3.05, 3.63) is 77.6 Å². The Morgan fingerprint density at radius 2 is 1.59 bits per heavy atom. The third kappa shape index (κ3) is 2.61. The lowest BCUT2D eigenvalue weighted by atomic mass is 10.2. The van der Waals surface area contributed by atoms with E-state index >= 15 is 0 Å². The molecule has 0 aliphatic heterocycles. The summed E-state index contributed by atoms with van der Waals surface area (Å²) in [6.07, 6.45) is 0. The van der Waals surface area contributed by atoms with Crippen LogP contribution in [0.15, 0.2) is 65.8 Å². The van der Waals surface area contributed by atoms with Gasteiger partial charge in [0.2, 0.25) is 11.4 Å². The van der Waals surface area contributed by atoms with E-state index in [1.54, 1.807) is 21.7 Å². The molecule has 0 atom stereocenters. The fraction of sp³-hybridized carbons (Fsp3) is 0.118. The van der Waals surface area contributed by atoms with Crippen LogP contribution < -0.4 is 9.90 Å². The molecule has 0 radical (unpaired) electrons. The van der Waals surface area contributed by atoms with Crippen molar-refractivity contribution in [1.29, 1.82) is 0 Å². The molecule has 5 nitrogen and oxygen atoms in total. The number of benzene rings is 2. The van der Waals surface area contributed by atoms with Crippen LogP contribution in [0.5, 0.6) is 0 Å². The summed E-state index contributed by atoms with van der Waals surface area (Å²) >= 11 is 0. The number of para-hydroxylation sites is 1. The minimum Gasteiger partial charge on any atom is -0.856 e. The molecule has 2 aromatic carbocycles. The minimum absolute atomic E-state index is 0.300. The summed E-state index contributed by atoms with van der Waals surface area (Å²) < 4.78 is 0. The van der Waals surface area contributed by atoms with Gasteiger partial charge < -0.3 is 5.11 Å². The molecule has 0 saturated heterocycles. The number of hydrogen-bond acceptors (Lipinski definition) is 3. The molecule has 0 spiro atoms. The van der Waals surface area contributed by atoms with Gasteiger partial charge >= 0.3 is 0 Å². The normalized spacial score (nSPS) is 11.6. The second kappa shape index (κ2) is 5.81. The molecule has 1 heterocycles. The topological polar surface area (TPSA) is 57.1 Å². The van der Waals surface area contributed by atoms with E-state index in [2.05, 4.69) is 10.2 Å². The predicted molar refractivity (Wildman–Crippen MR) is 81.6 cm³/mol. The molecule has 0 fully saturated rings. The van der Waals surface area contributed by atoms with Crippen LogP contribution in [0, 0.1) is 13.8 Å². The third-order valence-electron chi connectivity index (χ3n) is 3.44. The molecule has 0 bridgehead atoms. The van der Waals surface area contributed by atoms with E-state index in [0.717, 1.165) is 17.1 Å². The molecular weight excluding hydrogens is 276 g/mol. The van der Waals surface area contributed by atoms with E-state index in [0.29, 0.717) is 5.56 Å². The first kappa shape index (κ1) is 14.0. The lowest BCUT2D eigenvalue weighted by molar-refractivity contribution is -0.762. The lowest BCUT2D eigenvalue weighted by Crippen LogP contribution is -2.43. The van der Waals surface area contributed by atoms with E-state index in [-0.39, 0.29) is 5.90 Å². The lowest BCUT2D eigenvalue weighted by Gasteiger charge is -2.08. The Balaban J connectivity index is 2.11. The zero-order valence-corrected chi connectivity index (χ0v) is 12.5. The van der Waals surface area contributed by atoms with Crippen molar-refractivity contribution in [3.63, 3.8) is 0 Å². The Labute approximate surface area is 128 Å². The van der Waals surface area contributed by atoms with Crippen LogP contribution in [0.25, 0.3) is 5.69 Å². The van der Waals surface area contributed by atoms with Gasteiger partial charge in [0.15, 0.2) is 0 Å². The maximum Gasteiger partial charge on any atom is 0.222 e. The summed E-state index contributed by atoms with van der Waals surface area (Å²) in [5, 5.41) is 21.0. The largest absolute Gasteiger partial charge is 0.856 e. The molecule has 110 valence electrons. The van der Waals surface area contributed by atoms with Crippen LogP contribution in [0.4, 0.5) is 0 Å². The van der Waals surface area contributed by atoms with Gasteiger partial charge in [-0.3, -0.25) is 0 Å².